The van der Waals surface area contributed by atoms with Crippen LogP contribution >= 0.6 is 11.6 Å². The van der Waals surface area contributed by atoms with Crippen molar-refractivity contribution in [1.82, 2.24) is 9.78 Å². The van der Waals surface area contributed by atoms with Gasteiger partial charge in [-0.1, -0.05) is 31.4 Å². The minimum absolute atomic E-state index is 0.682. The van der Waals surface area contributed by atoms with Gasteiger partial charge >= 0.3 is 0 Å². The summed E-state index contributed by atoms with van der Waals surface area (Å²) in [5, 5.41) is 5.21. The Morgan fingerprint density at radius 3 is 2.93 bits per heavy atom. The van der Waals surface area contributed by atoms with Gasteiger partial charge in [-0.15, -0.1) is 0 Å². The molecule has 0 amide bonds. The van der Waals surface area contributed by atoms with E-state index in [0.717, 1.165) is 11.6 Å². The lowest BCUT2D eigenvalue weighted by Gasteiger charge is -2.26. The summed E-state index contributed by atoms with van der Waals surface area (Å²) >= 11 is 6.15. The first-order valence-electron chi connectivity index (χ1n) is 5.54. The van der Waals surface area contributed by atoms with Crippen LogP contribution in [-0.2, 0) is 6.54 Å². The van der Waals surface area contributed by atoms with E-state index in [4.69, 9.17) is 11.6 Å². The zero-order valence-corrected chi connectivity index (χ0v) is 9.43. The van der Waals surface area contributed by atoms with Gasteiger partial charge in [0.25, 0.3) is 0 Å². The standard InChI is InChI=1S/C11H17ClN2/c1-2-3-7-14-11(9-5-4-6-9)10(12)8-13-14/h8-9H,2-7H2,1H3. The third-order valence-corrected chi connectivity index (χ3v) is 3.34. The molecule has 78 valence electrons. The molecule has 2 rings (SSSR count). The molecule has 0 aromatic carbocycles. The van der Waals surface area contributed by atoms with Gasteiger partial charge in [0, 0.05) is 12.5 Å². The molecule has 3 heteroatoms. The Balaban J connectivity index is 2.13. The van der Waals surface area contributed by atoms with Gasteiger partial charge in [-0.3, -0.25) is 4.68 Å². The van der Waals surface area contributed by atoms with Crippen molar-refractivity contribution in [2.24, 2.45) is 0 Å². The predicted octanol–water partition coefficient (Wildman–Crippen LogP) is 3.60. The molecule has 0 N–H and O–H groups in total. The molecule has 0 spiro atoms. The molecule has 2 nitrogen and oxygen atoms in total. The average Bonchev–Trinajstić information content (AvgIpc) is 2.43. The molecule has 0 bridgehead atoms. The molecule has 1 aliphatic rings. The molecule has 1 saturated carbocycles. The molecule has 0 saturated heterocycles. The minimum Gasteiger partial charge on any atom is -0.268 e. The van der Waals surface area contributed by atoms with Gasteiger partial charge in [0.15, 0.2) is 0 Å². The summed E-state index contributed by atoms with van der Waals surface area (Å²) < 4.78 is 2.11. The number of aryl methyl sites for hydroxylation is 1. The van der Waals surface area contributed by atoms with E-state index >= 15 is 0 Å². The normalized spacial score (nSPS) is 17.0. The summed E-state index contributed by atoms with van der Waals surface area (Å²) in [6.07, 6.45) is 8.12. The predicted molar refractivity (Wildman–Crippen MR) is 58.7 cm³/mol. The van der Waals surface area contributed by atoms with E-state index in [0.29, 0.717) is 5.92 Å². The van der Waals surface area contributed by atoms with Crippen molar-refractivity contribution in [2.45, 2.75) is 51.5 Å². The molecule has 1 fully saturated rings. The lowest BCUT2D eigenvalue weighted by molar-refractivity contribution is 0.385. The van der Waals surface area contributed by atoms with E-state index in [2.05, 4.69) is 16.7 Å². The second-order valence-electron chi connectivity index (χ2n) is 4.08. The second kappa shape index (κ2) is 4.35. The van der Waals surface area contributed by atoms with Crippen LogP contribution in [0.25, 0.3) is 0 Å². The maximum absolute atomic E-state index is 6.15. The Labute approximate surface area is 90.3 Å². The van der Waals surface area contributed by atoms with Crippen molar-refractivity contribution in [1.29, 1.82) is 0 Å². The molecule has 1 aromatic heterocycles. The minimum atomic E-state index is 0.682. The number of hydrogen-bond acceptors (Lipinski definition) is 1. The Morgan fingerprint density at radius 2 is 2.36 bits per heavy atom. The Kier molecular flexibility index (Phi) is 3.12. The van der Waals surface area contributed by atoms with Gasteiger partial charge in [-0.2, -0.15) is 5.10 Å². The number of unbranched alkanes of at least 4 members (excludes halogenated alkanes) is 1. The van der Waals surface area contributed by atoms with E-state index in [1.165, 1.54) is 37.8 Å². The van der Waals surface area contributed by atoms with Gasteiger partial charge < -0.3 is 0 Å². The quantitative estimate of drug-likeness (QED) is 0.746. The Hall–Kier alpha value is -0.500. The van der Waals surface area contributed by atoms with Gasteiger partial charge in [-0.25, -0.2) is 0 Å². The van der Waals surface area contributed by atoms with Crippen molar-refractivity contribution in [3.8, 4) is 0 Å². The molecule has 0 atom stereocenters. The fraction of sp³-hybridized carbons (Fsp3) is 0.727. The second-order valence-corrected chi connectivity index (χ2v) is 4.49. The van der Waals surface area contributed by atoms with Gasteiger partial charge in [0.05, 0.1) is 16.9 Å². The summed E-state index contributed by atoms with van der Waals surface area (Å²) in [7, 11) is 0. The maximum atomic E-state index is 6.15. The van der Waals surface area contributed by atoms with Crippen LogP contribution in [0.4, 0.5) is 0 Å². The lowest BCUT2D eigenvalue weighted by Crippen LogP contribution is -2.15. The first-order chi connectivity index (χ1) is 6.83. The number of hydrogen-bond donors (Lipinski definition) is 0. The van der Waals surface area contributed by atoms with E-state index in [1.807, 2.05) is 0 Å². The maximum Gasteiger partial charge on any atom is 0.0820 e. The van der Waals surface area contributed by atoms with Crippen molar-refractivity contribution in [2.75, 3.05) is 0 Å². The van der Waals surface area contributed by atoms with E-state index in [-0.39, 0.29) is 0 Å². The summed E-state index contributed by atoms with van der Waals surface area (Å²) in [5.41, 5.74) is 1.28. The molecular weight excluding hydrogens is 196 g/mol. The van der Waals surface area contributed by atoms with Gasteiger partial charge in [0.2, 0.25) is 0 Å². The first kappa shape index (κ1) is 10.0. The van der Waals surface area contributed by atoms with Crippen LogP contribution in [0.2, 0.25) is 5.02 Å². The van der Waals surface area contributed by atoms with Crippen LogP contribution in [0.15, 0.2) is 6.20 Å². The summed E-state index contributed by atoms with van der Waals surface area (Å²) in [4.78, 5) is 0. The number of halogens is 1. The Bertz CT molecular complexity index is 302. The van der Waals surface area contributed by atoms with E-state index in [1.54, 1.807) is 6.20 Å². The topological polar surface area (TPSA) is 17.8 Å². The van der Waals surface area contributed by atoms with E-state index < -0.39 is 0 Å². The van der Waals surface area contributed by atoms with Crippen molar-refractivity contribution in [3.05, 3.63) is 16.9 Å². The van der Waals surface area contributed by atoms with Crippen molar-refractivity contribution < 1.29 is 0 Å². The number of nitrogens with zero attached hydrogens (tertiary/aromatic N) is 2. The third-order valence-electron chi connectivity index (χ3n) is 3.05. The zero-order chi connectivity index (χ0) is 9.97. The zero-order valence-electron chi connectivity index (χ0n) is 8.67. The Morgan fingerprint density at radius 1 is 1.57 bits per heavy atom. The number of aromatic nitrogens is 2. The SMILES string of the molecule is CCCCn1ncc(Cl)c1C1CCC1. The van der Waals surface area contributed by atoms with Crippen LogP contribution in [0, 0.1) is 0 Å². The summed E-state index contributed by atoms with van der Waals surface area (Å²) in [5.74, 6) is 0.682. The molecule has 1 aliphatic carbocycles. The van der Waals surface area contributed by atoms with Crippen molar-refractivity contribution in [3.63, 3.8) is 0 Å². The van der Waals surface area contributed by atoms with Crippen LogP contribution in [0.1, 0.15) is 50.6 Å². The van der Waals surface area contributed by atoms with Crippen molar-refractivity contribution >= 4 is 11.6 Å². The van der Waals surface area contributed by atoms with Gasteiger partial charge in [0.1, 0.15) is 0 Å². The molecule has 1 aromatic rings. The van der Waals surface area contributed by atoms with Crippen LogP contribution < -0.4 is 0 Å². The van der Waals surface area contributed by atoms with Crippen LogP contribution in [-0.4, -0.2) is 9.78 Å². The molecule has 14 heavy (non-hydrogen) atoms. The molecular formula is C11H17ClN2. The smallest absolute Gasteiger partial charge is 0.0820 e. The monoisotopic (exact) mass is 212 g/mol. The van der Waals surface area contributed by atoms with E-state index in [9.17, 15) is 0 Å². The summed E-state index contributed by atoms with van der Waals surface area (Å²) in [6.45, 7) is 3.23. The first-order valence-corrected chi connectivity index (χ1v) is 5.92. The van der Waals surface area contributed by atoms with Crippen LogP contribution in [0.3, 0.4) is 0 Å². The number of rotatable bonds is 4. The highest BCUT2D eigenvalue weighted by Crippen LogP contribution is 2.39. The average molecular weight is 213 g/mol. The highest BCUT2D eigenvalue weighted by molar-refractivity contribution is 6.31. The van der Waals surface area contributed by atoms with Gasteiger partial charge in [-0.05, 0) is 19.3 Å². The molecule has 0 aliphatic heterocycles. The molecule has 1 heterocycles. The summed E-state index contributed by atoms with van der Waals surface area (Å²) in [6, 6.07) is 0. The third kappa shape index (κ3) is 1.81. The molecule has 0 unspecified atom stereocenters. The highest BCUT2D eigenvalue weighted by Gasteiger charge is 2.25. The fourth-order valence-electron chi connectivity index (χ4n) is 1.95. The van der Waals surface area contributed by atoms with Crippen LogP contribution in [0.5, 0.6) is 0 Å². The lowest BCUT2D eigenvalue weighted by atomic mass is 9.83. The fourth-order valence-corrected chi connectivity index (χ4v) is 2.24. The highest BCUT2D eigenvalue weighted by atomic mass is 35.5. The largest absolute Gasteiger partial charge is 0.268 e. The molecule has 0 radical (unpaired) electrons.